The Bertz CT molecular complexity index is 885. The number of amides is 2. The van der Waals surface area contributed by atoms with Gasteiger partial charge < -0.3 is 4.74 Å². The summed E-state index contributed by atoms with van der Waals surface area (Å²) in [4.78, 5) is 34.9. The van der Waals surface area contributed by atoms with Crippen molar-refractivity contribution in [2.75, 3.05) is 6.61 Å². The number of rotatable bonds is 5. The zero-order valence-electron chi connectivity index (χ0n) is 13.7. The van der Waals surface area contributed by atoms with Crippen molar-refractivity contribution in [3.63, 3.8) is 0 Å². The largest absolute Gasteiger partial charge is 0.452 e. The fraction of sp³-hybridized carbons (Fsp3) is 0.0556. The number of nitrogens with one attached hydrogen (secondary N) is 2. The maximum atomic E-state index is 13.0. The number of benzene rings is 2. The molecule has 27 heavy (non-hydrogen) atoms. The Balaban J connectivity index is 1.75. The molecule has 2 amide bonds. The molecule has 2 N–H and O–H groups in total. The van der Waals surface area contributed by atoms with Gasteiger partial charge in [-0.1, -0.05) is 29.3 Å². The first-order valence-electron chi connectivity index (χ1n) is 7.50. The maximum absolute atomic E-state index is 13.0. The average Bonchev–Trinajstić information content (AvgIpc) is 2.66. The average molecular weight is 411 g/mol. The van der Waals surface area contributed by atoms with E-state index in [2.05, 4.69) is 10.9 Å². The molecule has 0 aliphatic heterocycles. The third-order valence-electron chi connectivity index (χ3n) is 3.12. The topological polar surface area (TPSA) is 84.5 Å². The van der Waals surface area contributed by atoms with Crippen LogP contribution in [0.25, 0.3) is 6.08 Å². The van der Waals surface area contributed by atoms with Crippen LogP contribution in [0.2, 0.25) is 10.0 Å². The van der Waals surface area contributed by atoms with E-state index in [1.165, 1.54) is 42.5 Å². The number of carbonyl (C=O) groups is 3. The molecule has 0 heterocycles. The summed E-state index contributed by atoms with van der Waals surface area (Å²) in [7, 11) is 0. The number of carbonyl (C=O) groups excluding carboxylic acids is 3. The maximum Gasteiger partial charge on any atom is 0.331 e. The monoisotopic (exact) mass is 410 g/mol. The van der Waals surface area contributed by atoms with Crippen LogP contribution in [0.4, 0.5) is 4.39 Å². The van der Waals surface area contributed by atoms with Crippen LogP contribution in [0.1, 0.15) is 15.9 Å². The molecule has 2 rings (SSSR count). The lowest BCUT2D eigenvalue weighted by Crippen LogP contribution is -2.43. The van der Waals surface area contributed by atoms with E-state index in [0.717, 1.165) is 12.1 Å². The number of halogens is 3. The van der Waals surface area contributed by atoms with E-state index in [1.54, 1.807) is 0 Å². The Hall–Kier alpha value is -2.90. The van der Waals surface area contributed by atoms with Gasteiger partial charge in [0, 0.05) is 16.7 Å². The summed E-state index contributed by atoms with van der Waals surface area (Å²) in [6.45, 7) is -0.603. The highest BCUT2D eigenvalue weighted by atomic mass is 35.5. The molecule has 0 aliphatic rings. The molecule has 0 saturated heterocycles. The molecule has 0 saturated carbocycles. The summed E-state index contributed by atoms with van der Waals surface area (Å²) < 4.78 is 17.8. The number of esters is 1. The highest BCUT2D eigenvalue weighted by Gasteiger charge is 2.09. The van der Waals surface area contributed by atoms with E-state index in [-0.39, 0.29) is 10.6 Å². The van der Waals surface area contributed by atoms with Gasteiger partial charge in [-0.05, 0) is 48.0 Å². The van der Waals surface area contributed by atoms with Crippen molar-refractivity contribution in [1.29, 1.82) is 0 Å². The van der Waals surface area contributed by atoms with E-state index in [1.807, 2.05) is 0 Å². The van der Waals surface area contributed by atoms with Gasteiger partial charge >= 0.3 is 5.97 Å². The van der Waals surface area contributed by atoms with Crippen LogP contribution in [0.5, 0.6) is 0 Å². The Morgan fingerprint density at radius 3 is 2.41 bits per heavy atom. The number of hydrogen-bond acceptors (Lipinski definition) is 4. The van der Waals surface area contributed by atoms with Crippen LogP contribution in [-0.2, 0) is 14.3 Å². The Labute approximate surface area is 163 Å². The second-order valence-electron chi connectivity index (χ2n) is 5.12. The van der Waals surface area contributed by atoms with Crippen molar-refractivity contribution >= 4 is 47.1 Å². The van der Waals surface area contributed by atoms with Crippen LogP contribution < -0.4 is 10.9 Å². The van der Waals surface area contributed by atoms with Gasteiger partial charge in [0.2, 0.25) is 0 Å². The third-order valence-corrected chi connectivity index (χ3v) is 3.66. The molecule has 0 spiro atoms. The summed E-state index contributed by atoms with van der Waals surface area (Å²) in [5.74, 6) is -2.66. The molecule has 0 bridgehead atoms. The minimum atomic E-state index is -0.797. The van der Waals surface area contributed by atoms with Crippen molar-refractivity contribution in [3.05, 3.63) is 75.5 Å². The lowest BCUT2D eigenvalue weighted by molar-refractivity contribution is -0.144. The molecule has 0 atom stereocenters. The van der Waals surface area contributed by atoms with Gasteiger partial charge in [-0.25, -0.2) is 9.18 Å². The van der Waals surface area contributed by atoms with E-state index in [4.69, 9.17) is 27.9 Å². The van der Waals surface area contributed by atoms with Crippen molar-refractivity contribution in [1.82, 2.24) is 10.9 Å². The van der Waals surface area contributed by atoms with Crippen molar-refractivity contribution in [2.45, 2.75) is 0 Å². The van der Waals surface area contributed by atoms with Gasteiger partial charge in [-0.3, -0.25) is 20.4 Å². The molecule has 0 aliphatic carbocycles. The summed E-state index contributed by atoms with van der Waals surface area (Å²) in [6.07, 6.45) is 2.41. The van der Waals surface area contributed by atoms with Crippen LogP contribution >= 0.6 is 23.2 Å². The molecule has 0 unspecified atom stereocenters. The molecule has 2 aromatic rings. The highest BCUT2D eigenvalue weighted by Crippen LogP contribution is 2.16. The lowest BCUT2D eigenvalue weighted by atomic mass is 10.2. The summed E-state index contributed by atoms with van der Waals surface area (Å²) >= 11 is 11.3. The predicted octanol–water partition coefficient (Wildman–Crippen LogP) is 3.15. The van der Waals surface area contributed by atoms with Crippen LogP contribution in [-0.4, -0.2) is 24.4 Å². The first-order chi connectivity index (χ1) is 12.8. The molecular weight excluding hydrogens is 398 g/mol. The smallest absolute Gasteiger partial charge is 0.331 e. The Kier molecular flexibility index (Phi) is 7.34. The van der Waals surface area contributed by atoms with Gasteiger partial charge in [0.25, 0.3) is 11.8 Å². The first kappa shape index (κ1) is 20.4. The Morgan fingerprint density at radius 2 is 1.74 bits per heavy atom. The lowest BCUT2D eigenvalue weighted by Gasteiger charge is -2.07. The molecule has 0 radical (unpaired) electrons. The second kappa shape index (κ2) is 9.70. The minimum absolute atomic E-state index is 0.0821. The van der Waals surface area contributed by atoms with Gasteiger partial charge in [0.05, 0.1) is 5.02 Å². The van der Waals surface area contributed by atoms with Gasteiger partial charge in [0.1, 0.15) is 5.82 Å². The van der Waals surface area contributed by atoms with E-state index < -0.39 is 30.2 Å². The highest BCUT2D eigenvalue weighted by molar-refractivity contribution is 6.31. The van der Waals surface area contributed by atoms with Crippen LogP contribution in [0.15, 0.2) is 48.5 Å². The van der Waals surface area contributed by atoms with Crippen molar-refractivity contribution in [3.8, 4) is 0 Å². The molecule has 0 aromatic heterocycles. The number of ether oxygens (including phenoxy) is 1. The van der Waals surface area contributed by atoms with Gasteiger partial charge in [-0.2, -0.15) is 0 Å². The third kappa shape index (κ3) is 6.73. The fourth-order valence-corrected chi connectivity index (χ4v) is 2.12. The standard InChI is InChI=1S/C18H13Cl2FN2O4/c19-13-5-3-12(4-6-13)18(26)23-22-16(24)10-27-17(25)8-2-11-1-7-15(21)14(20)9-11/h1-9H,10H2,(H,22,24)(H,23,26)/b8-2+. The Morgan fingerprint density at radius 1 is 1.04 bits per heavy atom. The van der Waals surface area contributed by atoms with Crippen molar-refractivity contribution in [2.24, 2.45) is 0 Å². The van der Waals surface area contributed by atoms with E-state index in [0.29, 0.717) is 10.6 Å². The molecule has 9 heteroatoms. The molecule has 140 valence electrons. The molecule has 0 fully saturated rings. The zero-order valence-corrected chi connectivity index (χ0v) is 15.2. The minimum Gasteiger partial charge on any atom is -0.452 e. The van der Waals surface area contributed by atoms with E-state index in [9.17, 15) is 18.8 Å². The van der Waals surface area contributed by atoms with Gasteiger partial charge in [-0.15, -0.1) is 0 Å². The molecule has 2 aromatic carbocycles. The first-order valence-corrected chi connectivity index (χ1v) is 8.25. The summed E-state index contributed by atoms with van der Waals surface area (Å²) in [5, 5.41) is 0.389. The second-order valence-corrected chi connectivity index (χ2v) is 5.97. The molecular formula is C18H13Cl2FN2O4. The quantitative estimate of drug-likeness (QED) is 0.450. The molecule has 6 nitrogen and oxygen atoms in total. The number of hydrazine groups is 1. The van der Waals surface area contributed by atoms with Gasteiger partial charge in [0.15, 0.2) is 6.61 Å². The predicted molar refractivity (Wildman–Crippen MR) is 98.5 cm³/mol. The number of hydrogen-bond donors (Lipinski definition) is 2. The summed E-state index contributed by atoms with van der Waals surface area (Å²) in [6, 6.07) is 9.93. The van der Waals surface area contributed by atoms with Crippen LogP contribution in [0, 0.1) is 5.82 Å². The van der Waals surface area contributed by atoms with E-state index >= 15 is 0 Å². The van der Waals surface area contributed by atoms with Crippen molar-refractivity contribution < 1.29 is 23.5 Å². The summed E-state index contributed by atoms with van der Waals surface area (Å²) in [5.41, 5.74) is 5.05. The zero-order chi connectivity index (χ0) is 19.8. The normalized spacial score (nSPS) is 10.5. The SMILES string of the molecule is O=C(COC(=O)/C=C/c1ccc(F)c(Cl)c1)NNC(=O)c1ccc(Cl)cc1. The fourth-order valence-electron chi connectivity index (χ4n) is 1.80. The van der Waals surface area contributed by atoms with Crippen LogP contribution in [0.3, 0.4) is 0 Å².